The van der Waals surface area contributed by atoms with Gasteiger partial charge in [-0.25, -0.2) is 4.98 Å². The Morgan fingerprint density at radius 1 is 1.50 bits per heavy atom. The molecule has 18 heavy (non-hydrogen) atoms. The minimum absolute atomic E-state index is 0.202. The number of anilines is 2. The van der Waals surface area contributed by atoms with Crippen LogP contribution < -0.4 is 15.8 Å². The number of nitrogens with two attached hydrogens (primary N) is 1. The summed E-state index contributed by atoms with van der Waals surface area (Å²) in [7, 11) is 1.56. The topological polar surface area (TPSA) is 77.2 Å². The number of carbonyl (C=O) groups excluding carboxylic acids is 1. The smallest absolute Gasteiger partial charge is 0.267 e. The van der Waals surface area contributed by atoms with E-state index in [-0.39, 0.29) is 5.91 Å². The highest BCUT2D eigenvalue weighted by atomic mass is 32.1. The molecule has 0 spiro atoms. The molecule has 0 saturated carbocycles. The summed E-state index contributed by atoms with van der Waals surface area (Å²) in [6, 6.07) is 5.11. The molecule has 6 heteroatoms. The predicted octanol–water partition coefficient (Wildman–Crippen LogP) is 2.29. The van der Waals surface area contributed by atoms with Crippen LogP contribution in [0.4, 0.5) is 11.4 Å². The first kappa shape index (κ1) is 12.4. The number of hydrogen-bond acceptors (Lipinski definition) is 5. The molecule has 0 unspecified atom stereocenters. The van der Waals surface area contributed by atoms with Gasteiger partial charge in [0.25, 0.3) is 5.91 Å². The molecule has 0 saturated heterocycles. The van der Waals surface area contributed by atoms with E-state index in [1.165, 1.54) is 11.3 Å². The molecule has 2 aromatic rings. The summed E-state index contributed by atoms with van der Waals surface area (Å²) in [5, 5.41) is 2.76. The van der Waals surface area contributed by atoms with E-state index in [1.807, 2.05) is 0 Å². The molecule has 0 fully saturated rings. The first-order valence-electron chi connectivity index (χ1n) is 5.26. The molecule has 1 aromatic carbocycles. The fourth-order valence-electron chi connectivity index (χ4n) is 1.48. The molecule has 3 N–H and O–H groups in total. The number of amides is 1. The number of carbonyl (C=O) groups is 1. The average Bonchev–Trinajstić information content (AvgIpc) is 2.78. The molecule has 0 aliphatic carbocycles. The van der Waals surface area contributed by atoms with E-state index in [4.69, 9.17) is 10.5 Å². The Bertz CT molecular complexity index is 580. The molecule has 2 rings (SSSR count). The largest absolute Gasteiger partial charge is 0.497 e. The van der Waals surface area contributed by atoms with E-state index < -0.39 is 0 Å². The highest BCUT2D eigenvalue weighted by Crippen LogP contribution is 2.25. The van der Waals surface area contributed by atoms with Gasteiger partial charge < -0.3 is 15.8 Å². The summed E-state index contributed by atoms with van der Waals surface area (Å²) < 4.78 is 5.05. The van der Waals surface area contributed by atoms with Crippen molar-refractivity contribution in [2.24, 2.45) is 0 Å². The normalized spacial score (nSPS) is 10.1. The van der Waals surface area contributed by atoms with Crippen molar-refractivity contribution in [1.29, 1.82) is 0 Å². The quantitative estimate of drug-likeness (QED) is 0.833. The third-order valence-electron chi connectivity index (χ3n) is 2.46. The minimum Gasteiger partial charge on any atom is -0.497 e. The predicted molar refractivity (Wildman–Crippen MR) is 72.2 cm³/mol. The summed E-state index contributed by atoms with van der Waals surface area (Å²) in [6.07, 6.45) is 0. The Balaban J connectivity index is 2.20. The second-order valence-electron chi connectivity index (χ2n) is 3.67. The number of aromatic nitrogens is 1. The number of hydrogen-bond donors (Lipinski definition) is 2. The molecule has 1 amide bonds. The lowest BCUT2D eigenvalue weighted by molar-refractivity contribution is 0.103. The summed E-state index contributed by atoms with van der Waals surface area (Å²) in [5.74, 6) is 0.450. The molecule has 0 aliphatic heterocycles. The standard InChI is InChI=1S/C12H13N3O2S/c1-7-11(18-6-14-7)12(16)15-10-4-3-8(17-2)5-9(10)13/h3-6H,13H2,1-2H3,(H,15,16). The number of ether oxygens (including phenoxy) is 1. The maximum absolute atomic E-state index is 12.0. The maximum atomic E-state index is 12.0. The van der Waals surface area contributed by atoms with Gasteiger partial charge in [-0.05, 0) is 19.1 Å². The van der Waals surface area contributed by atoms with Crippen LogP contribution in [0.1, 0.15) is 15.4 Å². The Hall–Kier alpha value is -2.08. The summed E-state index contributed by atoms with van der Waals surface area (Å²) in [4.78, 5) is 16.6. The van der Waals surface area contributed by atoms with E-state index >= 15 is 0 Å². The van der Waals surface area contributed by atoms with Gasteiger partial charge in [0.15, 0.2) is 0 Å². The first-order chi connectivity index (χ1) is 8.61. The number of nitrogens with one attached hydrogen (secondary N) is 1. The number of methoxy groups -OCH3 is 1. The zero-order valence-electron chi connectivity index (χ0n) is 10.1. The lowest BCUT2D eigenvalue weighted by Crippen LogP contribution is -2.13. The summed E-state index contributed by atoms with van der Waals surface area (Å²) in [6.45, 7) is 1.79. The van der Waals surface area contributed by atoms with Gasteiger partial charge in [-0.3, -0.25) is 4.79 Å². The minimum atomic E-state index is -0.202. The van der Waals surface area contributed by atoms with Gasteiger partial charge in [-0.1, -0.05) is 0 Å². The van der Waals surface area contributed by atoms with Gasteiger partial charge in [0.05, 0.1) is 29.7 Å². The number of benzene rings is 1. The van der Waals surface area contributed by atoms with Crippen molar-refractivity contribution in [1.82, 2.24) is 4.98 Å². The van der Waals surface area contributed by atoms with Crippen LogP contribution in [0.3, 0.4) is 0 Å². The molecule has 1 heterocycles. The molecular formula is C12H13N3O2S. The zero-order chi connectivity index (χ0) is 13.1. The Kier molecular flexibility index (Phi) is 3.47. The molecule has 0 radical (unpaired) electrons. The second kappa shape index (κ2) is 5.05. The van der Waals surface area contributed by atoms with Crippen LogP contribution in [0, 0.1) is 6.92 Å². The van der Waals surface area contributed by atoms with Gasteiger partial charge in [0.1, 0.15) is 10.6 Å². The van der Waals surface area contributed by atoms with Crippen molar-refractivity contribution in [3.8, 4) is 5.75 Å². The lowest BCUT2D eigenvalue weighted by atomic mass is 10.2. The van der Waals surface area contributed by atoms with E-state index in [1.54, 1.807) is 37.7 Å². The number of rotatable bonds is 3. The highest BCUT2D eigenvalue weighted by molar-refractivity contribution is 7.12. The second-order valence-corrected chi connectivity index (χ2v) is 4.53. The fourth-order valence-corrected chi connectivity index (χ4v) is 2.18. The van der Waals surface area contributed by atoms with Crippen molar-refractivity contribution < 1.29 is 9.53 Å². The summed E-state index contributed by atoms with van der Waals surface area (Å²) in [5.41, 5.74) is 9.21. The Morgan fingerprint density at radius 2 is 2.28 bits per heavy atom. The number of aryl methyl sites for hydroxylation is 1. The van der Waals surface area contributed by atoms with Crippen LogP contribution in [-0.4, -0.2) is 18.0 Å². The van der Waals surface area contributed by atoms with Crippen LogP contribution in [0.2, 0.25) is 0 Å². The molecular weight excluding hydrogens is 250 g/mol. The SMILES string of the molecule is COc1ccc(NC(=O)c2scnc2C)c(N)c1. The van der Waals surface area contributed by atoms with Crippen molar-refractivity contribution >= 4 is 28.6 Å². The molecule has 0 aliphatic rings. The number of nitrogen functional groups attached to an aromatic ring is 1. The molecule has 1 aromatic heterocycles. The average molecular weight is 263 g/mol. The third kappa shape index (κ3) is 2.43. The molecule has 94 valence electrons. The van der Waals surface area contributed by atoms with Gasteiger partial charge in [-0.2, -0.15) is 0 Å². The Morgan fingerprint density at radius 3 is 2.83 bits per heavy atom. The van der Waals surface area contributed by atoms with Crippen LogP contribution in [-0.2, 0) is 0 Å². The zero-order valence-corrected chi connectivity index (χ0v) is 10.9. The van der Waals surface area contributed by atoms with Gasteiger partial charge in [-0.15, -0.1) is 11.3 Å². The highest BCUT2D eigenvalue weighted by Gasteiger charge is 2.13. The van der Waals surface area contributed by atoms with Crippen molar-refractivity contribution in [3.05, 3.63) is 34.3 Å². The molecule has 5 nitrogen and oxygen atoms in total. The number of nitrogens with zero attached hydrogens (tertiary/aromatic N) is 1. The Labute approximate surface area is 109 Å². The first-order valence-corrected chi connectivity index (χ1v) is 6.14. The molecule has 0 bridgehead atoms. The fraction of sp³-hybridized carbons (Fsp3) is 0.167. The maximum Gasteiger partial charge on any atom is 0.267 e. The van der Waals surface area contributed by atoms with E-state index in [0.29, 0.717) is 27.7 Å². The monoisotopic (exact) mass is 263 g/mol. The van der Waals surface area contributed by atoms with Gasteiger partial charge >= 0.3 is 0 Å². The third-order valence-corrected chi connectivity index (χ3v) is 3.39. The lowest BCUT2D eigenvalue weighted by Gasteiger charge is -2.09. The van der Waals surface area contributed by atoms with Crippen LogP contribution in [0.15, 0.2) is 23.7 Å². The molecule has 0 atom stereocenters. The van der Waals surface area contributed by atoms with E-state index in [0.717, 1.165) is 0 Å². The van der Waals surface area contributed by atoms with E-state index in [2.05, 4.69) is 10.3 Å². The van der Waals surface area contributed by atoms with Crippen LogP contribution in [0.25, 0.3) is 0 Å². The van der Waals surface area contributed by atoms with Gasteiger partial charge in [0, 0.05) is 6.07 Å². The van der Waals surface area contributed by atoms with Gasteiger partial charge in [0.2, 0.25) is 0 Å². The number of thiazole rings is 1. The van der Waals surface area contributed by atoms with E-state index in [9.17, 15) is 4.79 Å². The van der Waals surface area contributed by atoms with Crippen LogP contribution >= 0.6 is 11.3 Å². The summed E-state index contributed by atoms with van der Waals surface area (Å²) >= 11 is 1.30. The van der Waals surface area contributed by atoms with Crippen LogP contribution in [0.5, 0.6) is 5.75 Å². The van der Waals surface area contributed by atoms with Crippen molar-refractivity contribution in [2.45, 2.75) is 6.92 Å². The van der Waals surface area contributed by atoms with Crippen molar-refractivity contribution in [3.63, 3.8) is 0 Å². The van der Waals surface area contributed by atoms with Crippen molar-refractivity contribution in [2.75, 3.05) is 18.2 Å².